The minimum absolute atomic E-state index is 0.119. The van der Waals surface area contributed by atoms with E-state index in [-0.39, 0.29) is 18.2 Å². The molecule has 0 saturated carbocycles. The van der Waals surface area contributed by atoms with Crippen molar-refractivity contribution in [3.63, 3.8) is 0 Å². The number of aromatic nitrogens is 3. The number of pyridine rings is 1. The van der Waals surface area contributed by atoms with Crippen molar-refractivity contribution in [1.82, 2.24) is 24.8 Å². The van der Waals surface area contributed by atoms with Gasteiger partial charge in [-0.2, -0.15) is 10.4 Å². The lowest BCUT2D eigenvalue weighted by atomic mass is 10.0. The molecule has 2 aliphatic rings. The second-order valence-electron chi connectivity index (χ2n) is 10.2. The Kier molecular flexibility index (Phi) is 6.81. The predicted molar refractivity (Wildman–Crippen MR) is 135 cm³/mol. The van der Waals surface area contributed by atoms with Crippen LogP contribution in [0.15, 0.2) is 36.7 Å². The highest BCUT2D eigenvalue weighted by Crippen LogP contribution is 2.28. The minimum Gasteiger partial charge on any atom is -0.387 e. The van der Waals surface area contributed by atoms with Gasteiger partial charge in [0.25, 0.3) is 5.91 Å². The zero-order valence-corrected chi connectivity index (χ0v) is 20.8. The molecule has 2 saturated heterocycles. The van der Waals surface area contributed by atoms with Crippen LogP contribution in [0.5, 0.6) is 0 Å². The summed E-state index contributed by atoms with van der Waals surface area (Å²) in [6.07, 6.45) is 2.25. The van der Waals surface area contributed by atoms with Crippen LogP contribution in [0.1, 0.15) is 36.2 Å². The van der Waals surface area contributed by atoms with E-state index in [0.717, 1.165) is 38.2 Å². The quantitative estimate of drug-likeness (QED) is 0.422. The average molecular weight is 508 g/mol. The second-order valence-corrected chi connectivity index (χ2v) is 10.2. The van der Waals surface area contributed by atoms with Gasteiger partial charge in [-0.15, -0.1) is 0 Å². The number of fused-ring (bicyclic) bond motifs is 1. The molecule has 10 nitrogen and oxygen atoms in total. The molecule has 1 amide bonds. The van der Waals surface area contributed by atoms with E-state index in [4.69, 9.17) is 10.00 Å². The number of likely N-dealkylation sites (tertiary alicyclic amines) is 1. The number of nitriles is 1. The molecule has 0 radical (unpaired) electrons. The first-order valence-corrected chi connectivity index (χ1v) is 12.3. The Hall–Kier alpha value is -3.59. The van der Waals surface area contributed by atoms with E-state index in [1.54, 1.807) is 16.6 Å². The van der Waals surface area contributed by atoms with Crippen molar-refractivity contribution in [2.24, 2.45) is 0 Å². The molecule has 2 aliphatic heterocycles. The van der Waals surface area contributed by atoms with Gasteiger partial charge in [-0.05, 0) is 44.5 Å². The molecule has 5 heterocycles. The molecular weight excluding hydrogens is 477 g/mol. The summed E-state index contributed by atoms with van der Waals surface area (Å²) in [5, 5.41) is 29.5. The molecule has 5 rings (SSSR count). The lowest BCUT2D eigenvalue weighted by molar-refractivity contribution is -0.0571. The summed E-state index contributed by atoms with van der Waals surface area (Å²) < 4.78 is 21.3. The third-order valence-corrected chi connectivity index (χ3v) is 6.97. The number of nitrogens with one attached hydrogen (secondary N) is 2. The molecule has 0 bridgehead atoms. The van der Waals surface area contributed by atoms with Crippen molar-refractivity contribution in [1.29, 1.82) is 5.26 Å². The number of rotatable bonds is 8. The fourth-order valence-corrected chi connectivity index (χ4v) is 4.57. The van der Waals surface area contributed by atoms with Crippen molar-refractivity contribution >= 4 is 17.1 Å². The number of halogens is 1. The molecule has 2 fully saturated rings. The van der Waals surface area contributed by atoms with E-state index in [2.05, 4.69) is 31.7 Å². The van der Waals surface area contributed by atoms with E-state index >= 15 is 0 Å². The number of carbonyl (C=O) groups is 1. The highest BCUT2D eigenvalue weighted by atomic mass is 19.1. The minimum atomic E-state index is -1.62. The number of anilines is 1. The summed E-state index contributed by atoms with van der Waals surface area (Å²) in [6.45, 7) is 5.65. The summed E-state index contributed by atoms with van der Waals surface area (Å²) >= 11 is 0. The summed E-state index contributed by atoms with van der Waals surface area (Å²) in [5.74, 6) is -0.479. The number of carbonyl (C=O) groups excluding carboxylic acids is 1. The van der Waals surface area contributed by atoms with Crippen molar-refractivity contribution in [2.45, 2.75) is 44.1 Å². The molecule has 0 aliphatic carbocycles. The number of alkyl halides is 1. The summed E-state index contributed by atoms with van der Waals surface area (Å²) in [4.78, 5) is 20.0. The van der Waals surface area contributed by atoms with Gasteiger partial charge < -0.3 is 20.5 Å². The van der Waals surface area contributed by atoms with Gasteiger partial charge in [-0.3, -0.25) is 14.7 Å². The molecule has 3 N–H and O–H groups in total. The number of nitrogens with zero attached hydrogens (tertiary/aromatic N) is 5. The van der Waals surface area contributed by atoms with E-state index in [1.807, 2.05) is 12.1 Å². The summed E-state index contributed by atoms with van der Waals surface area (Å²) in [5.41, 5.74) is 1.82. The third kappa shape index (κ3) is 5.27. The Labute approximate surface area is 214 Å². The Bertz CT molecular complexity index is 1340. The Morgan fingerprint density at radius 2 is 2.16 bits per heavy atom. The highest BCUT2D eigenvalue weighted by Gasteiger charge is 2.33. The van der Waals surface area contributed by atoms with Crippen LogP contribution in [-0.2, 0) is 4.74 Å². The number of ether oxygens (including phenoxy) is 1. The van der Waals surface area contributed by atoms with Crippen LogP contribution >= 0.6 is 0 Å². The molecular formula is C26H30FN7O3. The van der Waals surface area contributed by atoms with E-state index in [1.165, 1.54) is 26.2 Å². The SMILES string of the molecule is CC(C)(O)C(F)CNC(=O)c1cnc(-c2ccc3cc(C#N)cnn23)cc1NC1CCN(C2COC2)C1. The van der Waals surface area contributed by atoms with Crippen molar-refractivity contribution in [2.75, 3.05) is 38.2 Å². The molecule has 3 aromatic rings. The fraction of sp³-hybridized carbons (Fsp3) is 0.462. The summed E-state index contributed by atoms with van der Waals surface area (Å²) in [6, 6.07) is 9.89. The first-order chi connectivity index (χ1) is 17.7. The Morgan fingerprint density at radius 3 is 2.86 bits per heavy atom. The topological polar surface area (TPSA) is 128 Å². The first kappa shape index (κ1) is 25.1. The monoisotopic (exact) mass is 507 g/mol. The van der Waals surface area contributed by atoms with Crippen molar-refractivity contribution < 1.29 is 19.0 Å². The summed E-state index contributed by atoms with van der Waals surface area (Å²) in [7, 11) is 0. The van der Waals surface area contributed by atoms with Gasteiger partial charge in [0.2, 0.25) is 0 Å². The third-order valence-electron chi connectivity index (χ3n) is 6.97. The molecule has 3 aromatic heterocycles. The van der Waals surface area contributed by atoms with Crippen molar-refractivity contribution in [3.05, 3.63) is 47.8 Å². The average Bonchev–Trinajstić information content (AvgIpc) is 3.47. The maximum absolute atomic E-state index is 14.3. The van der Waals surface area contributed by atoms with Crippen LogP contribution < -0.4 is 10.6 Å². The Balaban J connectivity index is 1.42. The molecule has 11 heteroatoms. The zero-order chi connectivity index (χ0) is 26.2. The number of hydrogen-bond donors (Lipinski definition) is 3. The first-order valence-electron chi connectivity index (χ1n) is 12.3. The standard InChI is InChI=1S/C26H30FN7O3/c1-26(2,36)24(27)12-30-25(35)20-11-29-22(23-4-3-18-7-16(9-28)10-31-34(18)23)8-21(20)32-17-5-6-33(13-17)19-14-37-15-19/h3-4,7-8,10-11,17,19,24,36H,5-6,12-15H2,1-2H3,(H,29,32)(H,30,35). The maximum Gasteiger partial charge on any atom is 0.255 e. The molecule has 2 atom stereocenters. The van der Waals surface area contributed by atoms with Gasteiger partial charge in [0.15, 0.2) is 0 Å². The molecule has 0 spiro atoms. The number of aliphatic hydroxyl groups is 1. The normalized spacial score (nSPS) is 19.4. The number of amides is 1. The molecule has 2 unspecified atom stereocenters. The highest BCUT2D eigenvalue weighted by molar-refractivity contribution is 6.00. The van der Waals surface area contributed by atoms with Crippen LogP contribution in [0.25, 0.3) is 16.9 Å². The lowest BCUT2D eigenvalue weighted by Crippen LogP contribution is -2.48. The van der Waals surface area contributed by atoms with Crippen LogP contribution in [0.2, 0.25) is 0 Å². The lowest BCUT2D eigenvalue weighted by Gasteiger charge is -2.34. The van der Waals surface area contributed by atoms with Gasteiger partial charge >= 0.3 is 0 Å². The van der Waals surface area contributed by atoms with Crippen LogP contribution in [0, 0.1) is 11.3 Å². The largest absolute Gasteiger partial charge is 0.387 e. The maximum atomic E-state index is 14.3. The van der Waals surface area contributed by atoms with Crippen LogP contribution in [0.4, 0.5) is 10.1 Å². The van der Waals surface area contributed by atoms with E-state index < -0.39 is 17.7 Å². The molecule has 37 heavy (non-hydrogen) atoms. The number of hydrogen-bond acceptors (Lipinski definition) is 8. The van der Waals surface area contributed by atoms with E-state index in [9.17, 15) is 14.3 Å². The van der Waals surface area contributed by atoms with Gasteiger partial charge in [-0.25, -0.2) is 8.91 Å². The Morgan fingerprint density at radius 1 is 1.35 bits per heavy atom. The van der Waals surface area contributed by atoms with Crippen LogP contribution in [-0.4, -0.2) is 87.2 Å². The molecule has 0 aromatic carbocycles. The van der Waals surface area contributed by atoms with Crippen molar-refractivity contribution in [3.8, 4) is 17.5 Å². The van der Waals surface area contributed by atoms with Gasteiger partial charge in [0.05, 0.1) is 71.3 Å². The van der Waals surface area contributed by atoms with Gasteiger partial charge in [-0.1, -0.05) is 0 Å². The van der Waals surface area contributed by atoms with Gasteiger partial charge in [0.1, 0.15) is 12.2 Å². The zero-order valence-electron chi connectivity index (χ0n) is 20.8. The van der Waals surface area contributed by atoms with Gasteiger partial charge in [0, 0.05) is 25.3 Å². The second kappa shape index (κ2) is 10.0. The molecule has 194 valence electrons. The fourth-order valence-electron chi connectivity index (χ4n) is 4.57. The van der Waals surface area contributed by atoms with Crippen LogP contribution in [0.3, 0.4) is 0 Å². The van der Waals surface area contributed by atoms with E-state index in [0.29, 0.717) is 28.7 Å². The predicted octanol–water partition coefficient (Wildman–Crippen LogP) is 1.99. The smallest absolute Gasteiger partial charge is 0.255 e.